The van der Waals surface area contributed by atoms with Crippen molar-refractivity contribution < 1.29 is 13.7 Å². The molecule has 0 saturated heterocycles. The number of hydrogen-bond acceptors (Lipinski definition) is 3. The molecule has 3 nitrogen and oxygen atoms in total. The Labute approximate surface area is 85.5 Å². The molecule has 1 aromatic heterocycles. The summed E-state index contributed by atoms with van der Waals surface area (Å²) in [6.45, 7) is 5.52. The van der Waals surface area contributed by atoms with Crippen molar-refractivity contribution in [3.63, 3.8) is 0 Å². The van der Waals surface area contributed by atoms with Gasteiger partial charge in [-0.25, -0.2) is 0 Å². The molecule has 0 aliphatic carbocycles. The van der Waals surface area contributed by atoms with E-state index in [4.69, 9.17) is 13.7 Å². The van der Waals surface area contributed by atoms with E-state index in [1.165, 1.54) is 0 Å². The average molecular weight is 196 g/mol. The fraction of sp³-hybridized carbons (Fsp3) is 0.600. The Morgan fingerprint density at radius 1 is 1.21 bits per heavy atom. The molecule has 0 aliphatic rings. The maximum absolute atomic E-state index is 5.52. The van der Waals surface area contributed by atoms with E-state index in [-0.39, 0.29) is 7.12 Å². The van der Waals surface area contributed by atoms with Gasteiger partial charge in [0.05, 0.1) is 6.26 Å². The average Bonchev–Trinajstić information content (AvgIpc) is 2.71. The van der Waals surface area contributed by atoms with E-state index in [2.05, 4.69) is 13.8 Å². The predicted molar refractivity (Wildman–Crippen MR) is 56.6 cm³/mol. The Morgan fingerprint density at radius 2 is 1.86 bits per heavy atom. The SMILES string of the molecule is CCCOB(OCCC)c1ccco1. The lowest BCUT2D eigenvalue weighted by atomic mass is 9.86. The lowest BCUT2D eigenvalue weighted by molar-refractivity contribution is 0.203. The molecule has 14 heavy (non-hydrogen) atoms. The second-order valence-corrected chi connectivity index (χ2v) is 3.09. The lowest BCUT2D eigenvalue weighted by Gasteiger charge is -2.11. The molecule has 0 unspecified atom stereocenters. The van der Waals surface area contributed by atoms with E-state index >= 15 is 0 Å². The molecular formula is C10H17BO3. The Morgan fingerprint density at radius 3 is 2.29 bits per heavy atom. The molecule has 0 aliphatic heterocycles. The molecule has 4 heteroatoms. The smallest absolute Gasteiger partial charge is 0.473 e. The van der Waals surface area contributed by atoms with Gasteiger partial charge in [-0.2, -0.15) is 0 Å². The number of hydrogen-bond donors (Lipinski definition) is 0. The van der Waals surface area contributed by atoms with Crippen LogP contribution in [0, 0.1) is 0 Å². The van der Waals surface area contributed by atoms with Gasteiger partial charge in [0.15, 0.2) is 0 Å². The number of rotatable bonds is 7. The zero-order valence-corrected chi connectivity index (χ0v) is 8.86. The molecule has 0 fully saturated rings. The molecule has 0 radical (unpaired) electrons. The van der Waals surface area contributed by atoms with Crippen LogP contribution in [0.3, 0.4) is 0 Å². The van der Waals surface area contributed by atoms with Gasteiger partial charge in [0.2, 0.25) is 0 Å². The van der Waals surface area contributed by atoms with E-state index in [0.29, 0.717) is 13.2 Å². The second-order valence-electron chi connectivity index (χ2n) is 3.09. The summed E-state index contributed by atoms with van der Waals surface area (Å²) >= 11 is 0. The van der Waals surface area contributed by atoms with E-state index < -0.39 is 0 Å². The van der Waals surface area contributed by atoms with Crippen molar-refractivity contribution in [3.05, 3.63) is 18.4 Å². The van der Waals surface area contributed by atoms with Gasteiger partial charge in [-0.3, -0.25) is 0 Å². The largest absolute Gasteiger partial charge is 0.531 e. The zero-order valence-electron chi connectivity index (χ0n) is 8.86. The molecule has 1 rings (SSSR count). The molecule has 0 amide bonds. The summed E-state index contributed by atoms with van der Waals surface area (Å²) in [5.41, 5.74) is 0.743. The van der Waals surface area contributed by atoms with Crippen LogP contribution in [0.2, 0.25) is 0 Å². The van der Waals surface area contributed by atoms with Crippen molar-refractivity contribution in [2.45, 2.75) is 26.7 Å². The van der Waals surface area contributed by atoms with E-state index in [0.717, 1.165) is 18.5 Å². The molecule has 0 aromatic carbocycles. The minimum Gasteiger partial charge on any atom is -0.473 e. The van der Waals surface area contributed by atoms with Crippen molar-refractivity contribution in [1.82, 2.24) is 0 Å². The van der Waals surface area contributed by atoms with Gasteiger partial charge < -0.3 is 13.7 Å². The van der Waals surface area contributed by atoms with Gasteiger partial charge in [0, 0.05) is 13.2 Å². The van der Waals surface area contributed by atoms with Gasteiger partial charge in [-0.15, -0.1) is 0 Å². The Kier molecular flexibility index (Phi) is 5.41. The molecule has 0 atom stereocenters. The normalized spacial score (nSPS) is 10.4. The van der Waals surface area contributed by atoms with Crippen molar-refractivity contribution in [1.29, 1.82) is 0 Å². The monoisotopic (exact) mass is 196 g/mol. The summed E-state index contributed by atoms with van der Waals surface area (Å²) in [7, 11) is -0.343. The second kappa shape index (κ2) is 6.68. The van der Waals surface area contributed by atoms with Crippen molar-refractivity contribution in [2.24, 2.45) is 0 Å². The van der Waals surface area contributed by atoms with Crippen molar-refractivity contribution in [3.8, 4) is 0 Å². The predicted octanol–water partition coefficient (Wildman–Crippen LogP) is 1.83. The Balaban J connectivity index is 2.44. The van der Waals surface area contributed by atoms with Crippen LogP contribution in [0.5, 0.6) is 0 Å². The summed E-state index contributed by atoms with van der Waals surface area (Å²) in [6.07, 6.45) is 3.59. The van der Waals surface area contributed by atoms with Crippen molar-refractivity contribution in [2.75, 3.05) is 13.2 Å². The summed E-state index contributed by atoms with van der Waals surface area (Å²) in [5, 5.41) is 0. The van der Waals surface area contributed by atoms with Gasteiger partial charge in [-0.05, 0) is 25.0 Å². The summed E-state index contributed by atoms with van der Waals surface area (Å²) in [6, 6.07) is 3.71. The minimum atomic E-state index is -0.343. The first-order valence-electron chi connectivity index (χ1n) is 5.15. The van der Waals surface area contributed by atoms with Crippen LogP contribution in [0.1, 0.15) is 26.7 Å². The first-order chi connectivity index (χ1) is 6.88. The molecule has 0 spiro atoms. The van der Waals surface area contributed by atoms with Gasteiger partial charge in [0.1, 0.15) is 5.66 Å². The minimum absolute atomic E-state index is 0.343. The van der Waals surface area contributed by atoms with Crippen LogP contribution in [0.25, 0.3) is 0 Å². The summed E-state index contributed by atoms with van der Waals surface area (Å²) in [4.78, 5) is 0. The lowest BCUT2D eigenvalue weighted by Crippen LogP contribution is -2.36. The third-order valence-corrected chi connectivity index (χ3v) is 1.72. The quantitative estimate of drug-likeness (QED) is 0.623. The molecule has 1 aromatic rings. The van der Waals surface area contributed by atoms with Crippen LogP contribution < -0.4 is 5.66 Å². The van der Waals surface area contributed by atoms with Crippen LogP contribution in [-0.2, 0) is 9.31 Å². The van der Waals surface area contributed by atoms with Crippen molar-refractivity contribution >= 4 is 12.8 Å². The highest BCUT2D eigenvalue weighted by Gasteiger charge is 2.23. The Hall–Kier alpha value is -0.735. The molecule has 0 N–H and O–H groups in total. The highest BCUT2D eigenvalue weighted by Crippen LogP contribution is 1.96. The molecular weight excluding hydrogens is 179 g/mol. The first kappa shape index (κ1) is 11.3. The fourth-order valence-electron chi connectivity index (χ4n) is 1.09. The van der Waals surface area contributed by atoms with Crippen LogP contribution >= 0.6 is 0 Å². The molecule has 78 valence electrons. The zero-order chi connectivity index (χ0) is 10.2. The number of furan rings is 1. The fourth-order valence-corrected chi connectivity index (χ4v) is 1.09. The third kappa shape index (κ3) is 3.56. The summed E-state index contributed by atoms with van der Waals surface area (Å²) < 4.78 is 16.3. The highest BCUT2D eigenvalue weighted by atomic mass is 16.6. The van der Waals surface area contributed by atoms with Crippen LogP contribution in [-0.4, -0.2) is 20.3 Å². The maximum Gasteiger partial charge on any atom is 0.531 e. The molecule has 1 heterocycles. The van der Waals surface area contributed by atoms with Gasteiger partial charge in [0.25, 0.3) is 0 Å². The Bertz CT molecular complexity index is 215. The van der Waals surface area contributed by atoms with Gasteiger partial charge in [-0.1, -0.05) is 13.8 Å². The molecule has 0 bridgehead atoms. The third-order valence-electron chi connectivity index (χ3n) is 1.72. The molecule has 0 saturated carbocycles. The summed E-state index contributed by atoms with van der Waals surface area (Å²) in [5.74, 6) is 0. The van der Waals surface area contributed by atoms with Gasteiger partial charge >= 0.3 is 7.12 Å². The van der Waals surface area contributed by atoms with E-state index in [1.807, 2.05) is 12.1 Å². The van der Waals surface area contributed by atoms with Crippen LogP contribution in [0.4, 0.5) is 0 Å². The first-order valence-corrected chi connectivity index (χ1v) is 5.15. The highest BCUT2D eigenvalue weighted by molar-refractivity contribution is 6.59. The maximum atomic E-state index is 5.52. The van der Waals surface area contributed by atoms with E-state index in [1.54, 1.807) is 6.26 Å². The topological polar surface area (TPSA) is 31.6 Å². The standard InChI is InChI=1S/C10H17BO3/c1-3-7-13-11(14-8-4-2)10-6-5-9-12-10/h5-6,9H,3-4,7-8H2,1-2H3. The van der Waals surface area contributed by atoms with Crippen LogP contribution in [0.15, 0.2) is 22.8 Å². The van der Waals surface area contributed by atoms with E-state index in [9.17, 15) is 0 Å².